The van der Waals surface area contributed by atoms with Crippen LogP contribution in [-0.2, 0) is 14.3 Å². The number of carbonyl (C=O) groups is 2. The van der Waals surface area contributed by atoms with Crippen molar-refractivity contribution in [1.29, 1.82) is 0 Å². The van der Waals surface area contributed by atoms with Crippen LogP contribution in [0.2, 0.25) is 0 Å². The van der Waals surface area contributed by atoms with Crippen LogP contribution < -0.4 is 0 Å². The number of unbranched alkanes of at least 4 members (excludes halogenated alkanes) is 5. The molecular formula is C13H22O4. The molecule has 0 heterocycles. The molecule has 0 aliphatic heterocycles. The average Bonchev–Trinajstić information content (AvgIpc) is 2.29. The van der Waals surface area contributed by atoms with Crippen molar-refractivity contribution in [2.75, 3.05) is 6.61 Å². The summed E-state index contributed by atoms with van der Waals surface area (Å²) >= 11 is 0. The molecule has 0 aromatic rings. The highest BCUT2D eigenvalue weighted by Crippen LogP contribution is 2.09. The molecule has 0 aromatic carbocycles. The van der Waals surface area contributed by atoms with Crippen molar-refractivity contribution >= 4 is 11.9 Å². The molecule has 0 aliphatic rings. The summed E-state index contributed by atoms with van der Waals surface area (Å²) in [5.74, 6) is -0.897. The Morgan fingerprint density at radius 1 is 1.00 bits per heavy atom. The van der Waals surface area contributed by atoms with Gasteiger partial charge in [0.25, 0.3) is 0 Å². The fourth-order valence-electron chi connectivity index (χ4n) is 1.48. The smallest absolute Gasteiger partial charge is 0.306 e. The molecule has 0 aliphatic carbocycles. The van der Waals surface area contributed by atoms with Gasteiger partial charge in [0.15, 0.2) is 0 Å². The Bertz CT molecular complexity index is 236. The molecule has 0 atom stereocenters. The summed E-state index contributed by atoms with van der Waals surface area (Å²) in [5.41, 5.74) is 0. The summed E-state index contributed by atoms with van der Waals surface area (Å²) in [6.07, 6.45) is 7.90. The molecule has 4 nitrogen and oxygen atoms in total. The third kappa shape index (κ3) is 12.6. The van der Waals surface area contributed by atoms with Crippen molar-refractivity contribution in [2.45, 2.75) is 51.4 Å². The van der Waals surface area contributed by atoms with Crippen LogP contribution in [0.4, 0.5) is 0 Å². The van der Waals surface area contributed by atoms with Crippen LogP contribution in [-0.4, -0.2) is 23.7 Å². The van der Waals surface area contributed by atoms with Gasteiger partial charge in [-0.05, 0) is 12.8 Å². The number of rotatable bonds is 11. The lowest BCUT2D eigenvalue weighted by atomic mass is 10.1. The van der Waals surface area contributed by atoms with Crippen LogP contribution in [0.5, 0.6) is 0 Å². The van der Waals surface area contributed by atoms with Crippen molar-refractivity contribution in [2.24, 2.45) is 0 Å². The van der Waals surface area contributed by atoms with Crippen molar-refractivity contribution in [1.82, 2.24) is 0 Å². The van der Waals surface area contributed by atoms with Gasteiger partial charge in [0.2, 0.25) is 0 Å². The Morgan fingerprint density at radius 2 is 1.53 bits per heavy atom. The van der Waals surface area contributed by atoms with Gasteiger partial charge in [-0.2, -0.15) is 0 Å². The Balaban J connectivity index is 3.15. The number of hydrogen-bond donors (Lipinski definition) is 1. The highest BCUT2D eigenvalue weighted by Gasteiger charge is 2.01. The van der Waals surface area contributed by atoms with Crippen LogP contribution >= 0.6 is 0 Å². The standard InChI is InChI=1S/C13H22O4/c1-2-11-17-13(16)10-8-6-4-3-5-7-9-12(14)15/h2H,1,3-11H2,(H,14,15). The van der Waals surface area contributed by atoms with Crippen LogP contribution in [0.3, 0.4) is 0 Å². The normalized spacial score (nSPS) is 9.88. The van der Waals surface area contributed by atoms with Crippen LogP contribution in [0.25, 0.3) is 0 Å². The van der Waals surface area contributed by atoms with E-state index in [1.165, 1.54) is 0 Å². The van der Waals surface area contributed by atoms with Gasteiger partial charge in [0.05, 0.1) is 0 Å². The van der Waals surface area contributed by atoms with Gasteiger partial charge in [-0.1, -0.05) is 38.3 Å². The van der Waals surface area contributed by atoms with Gasteiger partial charge in [-0.3, -0.25) is 9.59 Å². The van der Waals surface area contributed by atoms with Gasteiger partial charge < -0.3 is 9.84 Å². The van der Waals surface area contributed by atoms with Crippen LogP contribution in [0, 0.1) is 0 Å². The maximum atomic E-state index is 11.1. The summed E-state index contributed by atoms with van der Waals surface area (Å²) in [5, 5.41) is 8.43. The second-order valence-corrected chi connectivity index (χ2v) is 3.99. The molecule has 4 heteroatoms. The zero-order valence-electron chi connectivity index (χ0n) is 10.3. The van der Waals surface area contributed by atoms with Crippen LogP contribution in [0.1, 0.15) is 51.4 Å². The second-order valence-electron chi connectivity index (χ2n) is 3.99. The first-order valence-corrected chi connectivity index (χ1v) is 6.15. The van der Waals surface area contributed by atoms with E-state index in [0.717, 1.165) is 38.5 Å². The SMILES string of the molecule is C=CCOC(=O)CCCCCCCCC(=O)O. The predicted octanol–water partition coefficient (Wildman–Crippen LogP) is 2.92. The van der Waals surface area contributed by atoms with E-state index in [1.807, 2.05) is 0 Å². The Hall–Kier alpha value is -1.32. The number of carboxylic acid groups (broad SMARTS) is 1. The first kappa shape index (κ1) is 15.7. The topological polar surface area (TPSA) is 63.6 Å². The minimum Gasteiger partial charge on any atom is -0.481 e. The van der Waals surface area contributed by atoms with E-state index in [-0.39, 0.29) is 19.0 Å². The zero-order valence-corrected chi connectivity index (χ0v) is 10.3. The summed E-state index contributed by atoms with van der Waals surface area (Å²) in [6.45, 7) is 3.75. The maximum absolute atomic E-state index is 11.1. The highest BCUT2D eigenvalue weighted by molar-refractivity contribution is 5.69. The minimum atomic E-state index is -0.727. The van der Waals surface area contributed by atoms with Crippen LogP contribution in [0.15, 0.2) is 12.7 Å². The molecule has 17 heavy (non-hydrogen) atoms. The minimum absolute atomic E-state index is 0.171. The Kier molecular flexibility index (Phi) is 10.3. The van der Waals surface area contributed by atoms with E-state index in [9.17, 15) is 9.59 Å². The molecular weight excluding hydrogens is 220 g/mol. The number of hydrogen-bond acceptors (Lipinski definition) is 3. The molecule has 0 bridgehead atoms. The van der Waals surface area contributed by atoms with Crippen molar-refractivity contribution in [3.8, 4) is 0 Å². The number of carbonyl (C=O) groups excluding carboxylic acids is 1. The Labute approximate surface area is 103 Å². The van der Waals surface area contributed by atoms with Crippen molar-refractivity contribution < 1.29 is 19.4 Å². The molecule has 0 unspecified atom stereocenters. The van der Waals surface area contributed by atoms with E-state index in [0.29, 0.717) is 6.42 Å². The monoisotopic (exact) mass is 242 g/mol. The van der Waals surface area contributed by atoms with Gasteiger partial charge in [-0.25, -0.2) is 0 Å². The van der Waals surface area contributed by atoms with Gasteiger partial charge in [-0.15, -0.1) is 0 Å². The van der Waals surface area contributed by atoms with E-state index in [1.54, 1.807) is 6.08 Å². The molecule has 0 rings (SSSR count). The third-order valence-electron chi connectivity index (χ3n) is 2.38. The summed E-state index contributed by atoms with van der Waals surface area (Å²) in [6, 6.07) is 0. The highest BCUT2D eigenvalue weighted by atomic mass is 16.5. The fourth-order valence-corrected chi connectivity index (χ4v) is 1.48. The summed E-state index contributed by atoms with van der Waals surface area (Å²) < 4.78 is 4.84. The molecule has 0 aromatic heterocycles. The van der Waals surface area contributed by atoms with E-state index in [4.69, 9.17) is 9.84 Å². The van der Waals surface area contributed by atoms with E-state index < -0.39 is 5.97 Å². The largest absolute Gasteiger partial charge is 0.481 e. The van der Waals surface area contributed by atoms with E-state index >= 15 is 0 Å². The first-order valence-electron chi connectivity index (χ1n) is 6.15. The molecule has 98 valence electrons. The maximum Gasteiger partial charge on any atom is 0.306 e. The first-order chi connectivity index (χ1) is 8.16. The number of aliphatic carboxylic acids is 1. The molecule has 0 fully saturated rings. The molecule has 0 saturated heterocycles. The summed E-state index contributed by atoms with van der Waals surface area (Å²) in [4.78, 5) is 21.3. The molecule has 0 amide bonds. The van der Waals surface area contributed by atoms with Gasteiger partial charge in [0, 0.05) is 12.8 Å². The van der Waals surface area contributed by atoms with Gasteiger partial charge >= 0.3 is 11.9 Å². The van der Waals surface area contributed by atoms with Crippen molar-refractivity contribution in [3.63, 3.8) is 0 Å². The summed E-state index contributed by atoms with van der Waals surface area (Å²) in [7, 11) is 0. The lowest BCUT2D eigenvalue weighted by molar-refractivity contribution is -0.142. The lowest BCUT2D eigenvalue weighted by Crippen LogP contribution is -2.03. The average molecular weight is 242 g/mol. The quantitative estimate of drug-likeness (QED) is 0.344. The predicted molar refractivity (Wildman–Crippen MR) is 65.7 cm³/mol. The molecule has 1 N–H and O–H groups in total. The number of carboxylic acids is 1. The van der Waals surface area contributed by atoms with E-state index in [2.05, 4.69) is 6.58 Å². The molecule has 0 spiro atoms. The number of esters is 1. The zero-order chi connectivity index (χ0) is 12.9. The molecule has 0 saturated carbocycles. The molecule has 0 radical (unpaired) electrons. The van der Waals surface area contributed by atoms with Gasteiger partial charge in [0.1, 0.15) is 6.61 Å². The fraction of sp³-hybridized carbons (Fsp3) is 0.692. The number of ether oxygens (including phenoxy) is 1. The lowest BCUT2D eigenvalue weighted by Gasteiger charge is -2.02. The van der Waals surface area contributed by atoms with Crippen molar-refractivity contribution in [3.05, 3.63) is 12.7 Å². The third-order valence-corrected chi connectivity index (χ3v) is 2.38. The Morgan fingerprint density at radius 3 is 2.06 bits per heavy atom. The second kappa shape index (κ2) is 11.2.